The van der Waals surface area contributed by atoms with Crippen LogP contribution >= 0.6 is 14.7 Å². The number of carboxylic acid groups (broad SMARTS) is 2. The second-order valence-electron chi connectivity index (χ2n) is 21.4. The fourth-order valence-electron chi connectivity index (χ4n) is 11.0. The zero-order valence-electron chi connectivity index (χ0n) is 49.1. The maximum atomic E-state index is 13.0. The van der Waals surface area contributed by atoms with Gasteiger partial charge in [0.05, 0.1) is 16.0 Å². The third kappa shape index (κ3) is 43.7. The van der Waals surface area contributed by atoms with Crippen LogP contribution in [0.25, 0.3) is 0 Å². The van der Waals surface area contributed by atoms with Gasteiger partial charge in [-0.3, -0.25) is 4.79 Å². The molecule has 1 N–H and O–H groups in total. The molecule has 6 atom stereocenters. The molecule has 0 heterocycles. The van der Waals surface area contributed by atoms with Crippen molar-refractivity contribution in [3.8, 4) is 0 Å². The van der Waals surface area contributed by atoms with Gasteiger partial charge in [-0.05, 0) is 142 Å². The molecule has 0 radical (unpaired) electrons. The van der Waals surface area contributed by atoms with E-state index in [1.54, 1.807) is 13.8 Å². The Morgan fingerprint density at radius 2 is 0.732 bits per heavy atom. The predicted octanol–water partition coefficient (Wildman–Crippen LogP) is 0.490. The van der Waals surface area contributed by atoms with Gasteiger partial charge in [-0.1, -0.05) is 161 Å². The van der Waals surface area contributed by atoms with E-state index < -0.39 is 67.0 Å². The van der Waals surface area contributed by atoms with Crippen molar-refractivity contribution in [1.29, 1.82) is 0 Å². The van der Waals surface area contributed by atoms with Crippen LogP contribution in [0.3, 0.4) is 0 Å². The number of carboxylic acids is 2. The van der Waals surface area contributed by atoms with Gasteiger partial charge in [-0.2, -0.15) is 0 Å². The van der Waals surface area contributed by atoms with Crippen LogP contribution < -0.4 is 133 Å². The fraction of sp³-hybridized carbons (Fsp3) is 0.962. The minimum absolute atomic E-state index is 0. The number of hydrogen-bond donors (Lipinski definition) is 1. The SMILES string of the molecule is CC(C)CP(=O)([O-])CC(CCS(=O)(=O)[O-])C(=O)O.CCCP(=O)([O-])CC(CC(CC(CC(CC)CC)CC(CC)CC)CC(CC(CC)CC)CC(CC(CC)CC)CC(CC)CC)C(=O)[O-].[Na+].[Na+].[Na+].[Na+]. The Balaban J connectivity index is -0.000000407. The molecule has 0 saturated carbocycles. The van der Waals surface area contributed by atoms with E-state index in [4.69, 9.17) is 5.11 Å². The first-order valence-corrected chi connectivity index (χ1v) is 32.8. The summed E-state index contributed by atoms with van der Waals surface area (Å²) in [6.45, 7) is 28.6. The fourth-order valence-corrected chi connectivity index (χ4v) is 15.7. The molecule has 6 unspecified atom stereocenters. The van der Waals surface area contributed by atoms with Crippen molar-refractivity contribution < 1.29 is 170 Å². The monoisotopic (exact) mass is 1100 g/mol. The average molecular weight is 1100 g/mol. The van der Waals surface area contributed by atoms with Crippen LogP contribution in [0.4, 0.5) is 0 Å². The summed E-state index contributed by atoms with van der Waals surface area (Å²) >= 11 is 0. The number of aliphatic carboxylic acids is 2. The van der Waals surface area contributed by atoms with E-state index in [9.17, 15) is 46.6 Å². The van der Waals surface area contributed by atoms with Crippen molar-refractivity contribution in [3.05, 3.63) is 0 Å². The number of carbonyl (C=O) groups is 2. The van der Waals surface area contributed by atoms with Gasteiger partial charge in [0.25, 0.3) is 0 Å². The molecule has 0 fully saturated rings. The van der Waals surface area contributed by atoms with Gasteiger partial charge in [0.2, 0.25) is 0 Å². The summed E-state index contributed by atoms with van der Waals surface area (Å²) in [5.74, 6) is -0.248. The van der Waals surface area contributed by atoms with Gasteiger partial charge in [0.15, 0.2) is 0 Å². The van der Waals surface area contributed by atoms with E-state index in [1.807, 2.05) is 6.92 Å². The van der Waals surface area contributed by atoms with Crippen molar-refractivity contribution in [2.45, 2.75) is 225 Å². The minimum Gasteiger partial charge on any atom is -0.799 e. The zero-order chi connectivity index (χ0) is 52.0. The van der Waals surface area contributed by atoms with Crippen molar-refractivity contribution in [2.24, 2.45) is 71.0 Å². The Kier molecular flexibility index (Phi) is 57.8. The molecule has 0 aliphatic rings. The molecule has 0 aromatic rings. The van der Waals surface area contributed by atoms with Gasteiger partial charge in [0, 0.05) is 38.5 Å². The van der Waals surface area contributed by atoms with Gasteiger partial charge in [-0.15, -0.1) is 0 Å². The second kappa shape index (κ2) is 48.0. The molecule has 0 saturated heterocycles. The van der Waals surface area contributed by atoms with Gasteiger partial charge >= 0.3 is 124 Å². The molecule has 0 amide bonds. The molecule has 0 aliphatic heterocycles. The molecule has 0 aliphatic carbocycles. The van der Waals surface area contributed by atoms with Gasteiger partial charge in [0.1, 0.15) is 0 Å². The molecule has 18 heteroatoms. The molecule has 402 valence electrons. The van der Waals surface area contributed by atoms with Gasteiger partial charge < -0.3 is 38.5 Å². The summed E-state index contributed by atoms with van der Waals surface area (Å²) in [6.07, 6.45) is 21.2. The van der Waals surface area contributed by atoms with E-state index in [-0.39, 0.29) is 149 Å². The molecule has 71 heavy (non-hydrogen) atoms. The van der Waals surface area contributed by atoms with Crippen LogP contribution in [0, 0.1) is 71.0 Å². The van der Waals surface area contributed by atoms with Crippen molar-refractivity contribution in [3.63, 3.8) is 0 Å². The van der Waals surface area contributed by atoms with Gasteiger partial charge in [-0.25, -0.2) is 8.42 Å². The Hall–Kier alpha value is 3.23. The van der Waals surface area contributed by atoms with Crippen LogP contribution in [-0.2, 0) is 28.8 Å². The summed E-state index contributed by atoms with van der Waals surface area (Å²) in [5.41, 5.74) is 0. The second-order valence-corrected chi connectivity index (χ2v) is 27.7. The summed E-state index contributed by atoms with van der Waals surface area (Å²) in [5, 5.41) is 21.5. The Labute approximate surface area is 526 Å². The van der Waals surface area contributed by atoms with E-state index in [1.165, 1.54) is 103 Å². The summed E-state index contributed by atoms with van der Waals surface area (Å²) in [7, 11) is -12.2. The quantitative estimate of drug-likeness (QED) is 0.0506. The molecule has 11 nitrogen and oxygen atoms in total. The molecule has 0 rings (SSSR count). The zero-order valence-corrected chi connectivity index (χ0v) is 59.8. The molecular formula is C53H104Na4O11P2S. The van der Waals surface area contributed by atoms with Crippen LogP contribution in [0.1, 0.15) is 225 Å². The molecule has 0 aromatic carbocycles. The Morgan fingerprint density at radius 3 is 0.958 bits per heavy atom. The standard InChI is InChI=1S/C44H89O4P.C9H19O7PS.4Na/c1-12-23-49(47,48)33-43(44(45)46)32-42(30-40(26-36(17-6)18-7)27-37(19-8)20-9)31-41(28-38(21-10)22-11)29-39(24-34(13-2)14-3)25-35(15-4)16-5;1-7(2)5-17(12,13)6-8(9(10)11)3-4-18(14,15)16;;;;/h34-43H,12-33H2,1-11H3,(H,45,46)(H,47,48);7-8H,3-6H2,1-2H3,(H,10,11)(H,12,13)(H,14,15,16);;;;/q;;4*+1/p-4. The topological polar surface area (TPSA) is 215 Å². The summed E-state index contributed by atoms with van der Waals surface area (Å²) < 4.78 is 55.9. The minimum atomic E-state index is -4.54. The molecule has 0 bridgehead atoms. The maximum Gasteiger partial charge on any atom is 1.00 e. The van der Waals surface area contributed by atoms with E-state index in [0.29, 0.717) is 48.3 Å². The average Bonchev–Trinajstić information content (AvgIpc) is 3.24. The number of rotatable bonds is 41. The molecule has 0 spiro atoms. The number of carbonyl (C=O) groups excluding carboxylic acids is 1. The van der Waals surface area contributed by atoms with Crippen LogP contribution in [-0.4, -0.2) is 60.4 Å². The third-order valence-corrected chi connectivity index (χ3v) is 20.5. The van der Waals surface area contributed by atoms with Crippen LogP contribution in [0.15, 0.2) is 0 Å². The first-order valence-electron chi connectivity index (χ1n) is 27.2. The molecular weight excluding hydrogens is 999 g/mol. The normalized spacial score (nSPS) is 15.3. The van der Waals surface area contributed by atoms with Crippen LogP contribution in [0.5, 0.6) is 0 Å². The van der Waals surface area contributed by atoms with Crippen molar-refractivity contribution in [1.82, 2.24) is 0 Å². The van der Waals surface area contributed by atoms with Crippen molar-refractivity contribution >= 4 is 36.8 Å². The smallest absolute Gasteiger partial charge is 0.799 e. The number of hydrogen-bond acceptors (Lipinski definition) is 10. The van der Waals surface area contributed by atoms with Crippen LogP contribution in [0.2, 0.25) is 0 Å². The first-order chi connectivity index (χ1) is 31.2. The largest absolute Gasteiger partial charge is 1.00 e. The van der Waals surface area contributed by atoms with E-state index in [2.05, 4.69) is 69.2 Å². The third-order valence-electron chi connectivity index (χ3n) is 15.3. The van der Waals surface area contributed by atoms with Crippen molar-refractivity contribution in [2.75, 3.05) is 30.4 Å². The van der Waals surface area contributed by atoms with E-state index >= 15 is 0 Å². The first kappa shape index (κ1) is 85.5. The summed E-state index contributed by atoms with van der Waals surface area (Å²) in [6, 6.07) is 0. The summed E-state index contributed by atoms with van der Waals surface area (Å²) in [4.78, 5) is 48.2. The Morgan fingerprint density at radius 1 is 0.465 bits per heavy atom. The Bertz CT molecular complexity index is 1460. The predicted molar refractivity (Wildman–Crippen MR) is 274 cm³/mol. The maximum absolute atomic E-state index is 13.0. The molecule has 0 aromatic heterocycles. The van der Waals surface area contributed by atoms with E-state index in [0.717, 1.165) is 24.7 Å².